The molecule has 0 saturated carbocycles. The number of nitrogen functional groups attached to an aromatic ring is 1. The van der Waals surface area contributed by atoms with Gasteiger partial charge in [-0.1, -0.05) is 24.8 Å². The number of para-hydroxylation sites is 1. The van der Waals surface area contributed by atoms with Crippen molar-refractivity contribution in [3.63, 3.8) is 0 Å². The van der Waals surface area contributed by atoms with Crippen molar-refractivity contribution < 1.29 is 4.79 Å². The Morgan fingerprint density at radius 3 is 2.42 bits per heavy atom. The van der Waals surface area contributed by atoms with Gasteiger partial charge in [0.05, 0.1) is 0 Å². The zero-order chi connectivity index (χ0) is 9.14. The van der Waals surface area contributed by atoms with Crippen molar-refractivity contribution in [2.45, 2.75) is 0 Å². The number of hydrogen-bond acceptors (Lipinski definition) is 2. The van der Waals surface area contributed by atoms with E-state index in [0.29, 0.717) is 11.3 Å². The SMILES string of the molecule is C=C(C(N)=O)c1ccccc1N. The zero-order valence-electron chi connectivity index (χ0n) is 6.58. The molecule has 0 spiro atoms. The number of hydrogen-bond donors (Lipinski definition) is 2. The van der Waals surface area contributed by atoms with E-state index in [2.05, 4.69) is 6.58 Å². The third-order valence-corrected chi connectivity index (χ3v) is 1.58. The second-order valence-electron chi connectivity index (χ2n) is 2.43. The number of carbonyl (C=O) groups excluding carboxylic acids is 1. The van der Waals surface area contributed by atoms with Crippen LogP contribution in [0.3, 0.4) is 0 Å². The Labute approximate surface area is 70.7 Å². The van der Waals surface area contributed by atoms with E-state index in [4.69, 9.17) is 11.5 Å². The summed E-state index contributed by atoms with van der Waals surface area (Å²) in [5.74, 6) is -0.548. The highest BCUT2D eigenvalue weighted by atomic mass is 16.1. The molecule has 3 heteroatoms. The number of amides is 1. The summed E-state index contributed by atoms with van der Waals surface area (Å²) in [7, 11) is 0. The number of primary amides is 1. The Balaban J connectivity index is 3.11. The van der Waals surface area contributed by atoms with E-state index in [-0.39, 0.29) is 5.57 Å². The molecule has 1 rings (SSSR count). The largest absolute Gasteiger partial charge is 0.398 e. The van der Waals surface area contributed by atoms with Gasteiger partial charge >= 0.3 is 0 Å². The Bertz CT molecular complexity index is 331. The second-order valence-corrected chi connectivity index (χ2v) is 2.43. The summed E-state index contributed by atoms with van der Waals surface area (Å²) in [6.07, 6.45) is 0. The van der Waals surface area contributed by atoms with Crippen molar-refractivity contribution in [3.8, 4) is 0 Å². The van der Waals surface area contributed by atoms with Crippen LogP contribution in [-0.4, -0.2) is 5.91 Å². The van der Waals surface area contributed by atoms with Crippen molar-refractivity contribution in [2.24, 2.45) is 5.73 Å². The fourth-order valence-corrected chi connectivity index (χ4v) is 0.905. The third-order valence-electron chi connectivity index (χ3n) is 1.58. The molecule has 1 aromatic carbocycles. The quantitative estimate of drug-likeness (QED) is 0.498. The van der Waals surface area contributed by atoms with Gasteiger partial charge in [0, 0.05) is 16.8 Å². The molecule has 0 aromatic heterocycles. The van der Waals surface area contributed by atoms with Crippen LogP contribution in [-0.2, 0) is 4.79 Å². The highest BCUT2D eigenvalue weighted by molar-refractivity contribution is 6.19. The lowest BCUT2D eigenvalue weighted by Gasteiger charge is -2.03. The summed E-state index contributed by atoms with van der Waals surface area (Å²) in [6.45, 7) is 3.53. The minimum atomic E-state index is -0.548. The molecule has 0 aliphatic carbocycles. The molecular formula is C9H10N2O. The monoisotopic (exact) mass is 162 g/mol. The molecule has 0 aliphatic heterocycles. The predicted molar refractivity (Wildman–Crippen MR) is 49.1 cm³/mol. The minimum absolute atomic E-state index is 0.244. The summed E-state index contributed by atoms with van der Waals surface area (Å²) in [5.41, 5.74) is 12.0. The van der Waals surface area contributed by atoms with Crippen molar-refractivity contribution in [1.82, 2.24) is 0 Å². The highest BCUT2D eigenvalue weighted by Crippen LogP contribution is 2.18. The molecule has 3 nitrogen and oxygen atoms in total. The fourth-order valence-electron chi connectivity index (χ4n) is 0.905. The van der Waals surface area contributed by atoms with Crippen LogP contribution in [0.5, 0.6) is 0 Å². The molecule has 0 atom stereocenters. The maximum Gasteiger partial charge on any atom is 0.248 e. The van der Waals surface area contributed by atoms with Gasteiger partial charge in [-0.3, -0.25) is 4.79 Å². The molecule has 12 heavy (non-hydrogen) atoms. The number of anilines is 1. The van der Waals surface area contributed by atoms with Crippen LogP contribution in [0.15, 0.2) is 30.8 Å². The molecule has 1 amide bonds. The van der Waals surface area contributed by atoms with Gasteiger partial charge < -0.3 is 11.5 Å². The van der Waals surface area contributed by atoms with Crippen molar-refractivity contribution in [1.29, 1.82) is 0 Å². The fraction of sp³-hybridized carbons (Fsp3) is 0. The first-order valence-electron chi connectivity index (χ1n) is 3.46. The van der Waals surface area contributed by atoms with Crippen LogP contribution in [0.4, 0.5) is 5.69 Å². The molecule has 0 bridgehead atoms. The Morgan fingerprint density at radius 1 is 1.33 bits per heavy atom. The first-order chi connectivity index (χ1) is 5.63. The van der Waals surface area contributed by atoms with Crippen LogP contribution in [0, 0.1) is 0 Å². The number of benzene rings is 1. The van der Waals surface area contributed by atoms with Crippen LogP contribution in [0.1, 0.15) is 5.56 Å². The van der Waals surface area contributed by atoms with E-state index in [1.54, 1.807) is 24.3 Å². The molecule has 0 saturated heterocycles. The summed E-state index contributed by atoms with van der Waals surface area (Å²) in [6, 6.07) is 6.97. The van der Waals surface area contributed by atoms with Gasteiger partial charge in [0.15, 0.2) is 0 Å². The Kier molecular flexibility index (Phi) is 2.14. The predicted octanol–water partition coefficient (Wildman–Crippen LogP) is 0.767. The molecule has 0 radical (unpaired) electrons. The van der Waals surface area contributed by atoms with E-state index in [0.717, 1.165) is 0 Å². The molecule has 0 aliphatic rings. The van der Waals surface area contributed by atoms with Crippen molar-refractivity contribution >= 4 is 17.2 Å². The Hall–Kier alpha value is -1.77. The van der Waals surface area contributed by atoms with Gasteiger partial charge in [-0.15, -0.1) is 0 Å². The lowest BCUT2D eigenvalue weighted by molar-refractivity contribution is -0.112. The molecule has 1 aromatic rings. The molecule has 0 heterocycles. The first-order valence-corrected chi connectivity index (χ1v) is 3.46. The molecule has 0 fully saturated rings. The van der Waals surface area contributed by atoms with Crippen molar-refractivity contribution in [2.75, 3.05) is 5.73 Å². The van der Waals surface area contributed by atoms with Crippen LogP contribution in [0.25, 0.3) is 5.57 Å². The number of carbonyl (C=O) groups is 1. The number of rotatable bonds is 2. The maximum absolute atomic E-state index is 10.7. The summed E-state index contributed by atoms with van der Waals surface area (Å²) in [4.78, 5) is 10.7. The van der Waals surface area contributed by atoms with E-state index in [1.165, 1.54) is 0 Å². The normalized spacial score (nSPS) is 9.33. The van der Waals surface area contributed by atoms with Gasteiger partial charge in [-0.05, 0) is 6.07 Å². The van der Waals surface area contributed by atoms with Gasteiger partial charge in [0.25, 0.3) is 0 Å². The van der Waals surface area contributed by atoms with Gasteiger partial charge in [0.2, 0.25) is 5.91 Å². The van der Waals surface area contributed by atoms with Crippen LogP contribution < -0.4 is 11.5 Å². The van der Waals surface area contributed by atoms with E-state index in [1.807, 2.05) is 0 Å². The minimum Gasteiger partial charge on any atom is -0.398 e. The summed E-state index contributed by atoms with van der Waals surface area (Å²) >= 11 is 0. The van der Waals surface area contributed by atoms with Crippen molar-refractivity contribution in [3.05, 3.63) is 36.4 Å². The highest BCUT2D eigenvalue weighted by Gasteiger charge is 2.06. The van der Waals surface area contributed by atoms with E-state index in [9.17, 15) is 4.79 Å². The first kappa shape index (κ1) is 8.33. The number of nitrogens with two attached hydrogens (primary N) is 2. The van der Waals surface area contributed by atoms with E-state index < -0.39 is 5.91 Å². The zero-order valence-corrected chi connectivity index (χ0v) is 6.58. The topological polar surface area (TPSA) is 69.1 Å². The summed E-state index contributed by atoms with van der Waals surface area (Å²) < 4.78 is 0. The molecular weight excluding hydrogens is 152 g/mol. The second kappa shape index (κ2) is 3.09. The smallest absolute Gasteiger partial charge is 0.248 e. The lowest BCUT2D eigenvalue weighted by Crippen LogP contribution is -2.12. The lowest BCUT2D eigenvalue weighted by atomic mass is 10.1. The maximum atomic E-state index is 10.7. The summed E-state index contributed by atoms with van der Waals surface area (Å²) in [5, 5.41) is 0. The molecule has 4 N–H and O–H groups in total. The van der Waals surface area contributed by atoms with Crippen LogP contribution in [0.2, 0.25) is 0 Å². The standard InChI is InChI=1S/C9H10N2O/c1-6(9(11)12)7-4-2-3-5-8(7)10/h2-5H,1,10H2,(H2,11,12). The molecule has 62 valence electrons. The third kappa shape index (κ3) is 1.45. The van der Waals surface area contributed by atoms with Gasteiger partial charge in [-0.2, -0.15) is 0 Å². The molecule has 0 unspecified atom stereocenters. The average Bonchev–Trinajstić information content (AvgIpc) is 2.04. The van der Waals surface area contributed by atoms with Gasteiger partial charge in [-0.25, -0.2) is 0 Å². The Morgan fingerprint density at radius 2 is 1.92 bits per heavy atom. The van der Waals surface area contributed by atoms with E-state index >= 15 is 0 Å². The average molecular weight is 162 g/mol. The van der Waals surface area contributed by atoms with Gasteiger partial charge in [0.1, 0.15) is 0 Å². The van der Waals surface area contributed by atoms with Crippen LogP contribution >= 0.6 is 0 Å².